The number of hydrogen-bond acceptors (Lipinski definition) is 18. The standard InChI is InChI=1S/C68H60Cl2N8O17/c69-41-12-27-1-7-47(41)94-50-19-35-20-51(60(50)85)95-48-8-4-33(17-42(48)70)59(84)58-66(91)76-57(67(92)78-68-24-28-9-29(25-68)11-30(10-28)26-68)40-22-37(80)23-46(83)52(40)39-16-32(3-5-44(39)81)54(63(88)77-58)74-65(90)56(35)75-64(89)55-34-14-36(79)21-38(15-34)93-49-18-31(2-6-45(49)82)53(71)62(87)72-43(13-27)61(86)73-55/h1-8,12,14-23,28-30,43,53-59,79-85H,9-11,13,24-26,71H2,(H,72,87)(H,73,86)(H,74,90)(H,75,89)(H,76,91)(H,77,88)(H,78,92)/t28?,29?,30?,43-,53+,54-,55+,56-,57+,58+,59-,68?/m1/s1. The molecule has 6 heterocycles. The zero-order valence-corrected chi connectivity index (χ0v) is 51.3. The number of carbonyl (C=O) groups excluding carboxylic acids is 7. The van der Waals surface area contributed by atoms with Crippen LogP contribution in [-0.2, 0) is 40.0 Å². The molecule has 17 rings (SSSR count). The van der Waals surface area contributed by atoms with Gasteiger partial charge in [-0.3, -0.25) is 33.6 Å². The topological polar surface area (TPSA) is 399 Å². The number of nitrogens with two attached hydrogens (primary N) is 1. The first-order valence-corrected chi connectivity index (χ1v) is 31.3. The lowest BCUT2D eigenvalue weighted by molar-refractivity contribution is -0.138. The van der Waals surface area contributed by atoms with Crippen molar-refractivity contribution in [1.82, 2.24) is 37.2 Å². The van der Waals surface area contributed by atoms with Gasteiger partial charge in [0.1, 0.15) is 88.6 Å². The van der Waals surface area contributed by atoms with Gasteiger partial charge in [-0.15, -0.1) is 0 Å². The molecule has 0 unspecified atom stereocenters. The molecule has 0 saturated heterocycles. The van der Waals surface area contributed by atoms with Crippen LogP contribution in [0, 0.1) is 17.8 Å². The number of halogens is 2. The van der Waals surface area contributed by atoms with E-state index in [0.29, 0.717) is 42.6 Å². The molecule has 4 aliphatic carbocycles. The minimum absolute atomic E-state index is 0.111. The van der Waals surface area contributed by atoms with Gasteiger partial charge in [0.05, 0.1) is 10.0 Å². The predicted molar refractivity (Wildman–Crippen MR) is 336 cm³/mol. The van der Waals surface area contributed by atoms with Gasteiger partial charge in [0.2, 0.25) is 47.1 Å². The highest BCUT2D eigenvalue weighted by Gasteiger charge is 2.53. The normalized spacial score (nSPS) is 26.7. The van der Waals surface area contributed by atoms with Crippen LogP contribution >= 0.6 is 23.2 Å². The van der Waals surface area contributed by atoms with Gasteiger partial charge in [0.15, 0.2) is 23.0 Å². The second-order valence-corrected chi connectivity index (χ2v) is 26.3. The maximum atomic E-state index is 16.0. The van der Waals surface area contributed by atoms with E-state index >= 15 is 28.8 Å². The molecule has 25 nitrogen and oxygen atoms in total. The monoisotopic (exact) mass is 1330 g/mol. The Balaban J connectivity index is 0.947. The van der Waals surface area contributed by atoms with Crippen molar-refractivity contribution in [3.63, 3.8) is 0 Å². The zero-order valence-electron chi connectivity index (χ0n) is 49.8. The Hall–Kier alpha value is -10.5. The molecule has 95 heavy (non-hydrogen) atoms. The third-order valence-electron chi connectivity index (χ3n) is 18.9. The Kier molecular flexibility index (Phi) is 15.6. The number of carbonyl (C=O) groups is 7. The molecule has 6 aliphatic heterocycles. The maximum Gasteiger partial charge on any atom is 0.248 e. The lowest BCUT2D eigenvalue weighted by Crippen LogP contribution is -2.62. The first kappa shape index (κ1) is 62.0. The highest BCUT2D eigenvalue weighted by Crippen LogP contribution is 2.56. The zero-order chi connectivity index (χ0) is 66.6. The van der Waals surface area contributed by atoms with Crippen LogP contribution in [0.25, 0.3) is 11.1 Å². The summed E-state index contributed by atoms with van der Waals surface area (Å²) in [5, 5.41) is 101. The molecule has 488 valence electrons. The number of aliphatic hydroxyl groups is 1. The Morgan fingerprint density at radius 3 is 1.74 bits per heavy atom. The van der Waals surface area contributed by atoms with E-state index in [9.17, 15) is 40.5 Å². The molecular weight excluding hydrogens is 1270 g/mol. The number of amides is 7. The lowest BCUT2D eigenvalue weighted by Gasteiger charge is -2.57. The summed E-state index contributed by atoms with van der Waals surface area (Å²) in [5.74, 6) is -12.0. The van der Waals surface area contributed by atoms with Crippen molar-refractivity contribution in [2.75, 3.05) is 0 Å². The van der Waals surface area contributed by atoms with Crippen LogP contribution in [-0.4, -0.2) is 94.7 Å². The Labute approximate surface area is 549 Å². The number of nitrogens with one attached hydrogen (secondary N) is 7. The average molecular weight is 1330 g/mol. The van der Waals surface area contributed by atoms with Crippen molar-refractivity contribution in [2.45, 2.75) is 98.9 Å². The second-order valence-electron chi connectivity index (χ2n) is 25.4. The van der Waals surface area contributed by atoms with Crippen LogP contribution in [0.2, 0.25) is 10.0 Å². The quantitative estimate of drug-likeness (QED) is 0.0829. The molecule has 7 aromatic carbocycles. The van der Waals surface area contributed by atoms with Crippen LogP contribution in [0.3, 0.4) is 0 Å². The van der Waals surface area contributed by atoms with Crippen LogP contribution in [0.15, 0.2) is 115 Å². The Bertz CT molecular complexity index is 4420. The van der Waals surface area contributed by atoms with E-state index in [-0.39, 0.29) is 84.0 Å². The van der Waals surface area contributed by atoms with Gasteiger partial charge in [0.25, 0.3) is 0 Å². The fourth-order valence-electron chi connectivity index (χ4n) is 14.8. The summed E-state index contributed by atoms with van der Waals surface area (Å²) in [6.45, 7) is 0. The number of phenolic OH excluding ortho intramolecular Hbond substituents is 6. The number of aliphatic hydroxyl groups excluding tert-OH is 1. The van der Waals surface area contributed by atoms with Crippen molar-refractivity contribution < 1.29 is 83.5 Å². The molecule has 8 atom stereocenters. The van der Waals surface area contributed by atoms with Gasteiger partial charge in [0, 0.05) is 35.2 Å². The van der Waals surface area contributed by atoms with Crippen LogP contribution < -0.4 is 57.2 Å². The van der Waals surface area contributed by atoms with Crippen molar-refractivity contribution in [3.05, 3.63) is 164 Å². The van der Waals surface area contributed by atoms with E-state index in [1.165, 1.54) is 72.8 Å². The summed E-state index contributed by atoms with van der Waals surface area (Å²) in [6.07, 6.45) is 2.63. The van der Waals surface area contributed by atoms with Crippen molar-refractivity contribution in [2.24, 2.45) is 23.5 Å². The summed E-state index contributed by atoms with van der Waals surface area (Å²) in [7, 11) is 0. The number of fused-ring (bicyclic) bond motifs is 14. The highest BCUT2D eigenvalue weighted by atomic mass is 35.5. The van der Waals surface area contributed by atoms with Gasteiger partial charge >= 0.3 is 0 Å². The van der Waals surface area contributed by atoms with E-state index in [2.05, 4.69) is 37.2 Å². The van der Waals surface area contributed by atoms with Gasteiger partial charge in [-0.25, -0.2) is 0 Å². The first-order valence-electron chi connectivity index (χ1n) is 30.5. The molecule has 27 heteroatoms. The summed E-state index contributed by atoms with van der Waals surface area (Å²) < 4.78 is 18.6. The number of ether oxygens (including phenoxy) is 3. The molecular formula is C68H60Cl2N8O17. The largest absolute Gasteiger partial charge is 0.508 e. The first-order chi connectivity index (χ1) is 45.4. The van der Waals surface area contributed by atoms with Gasteiger partial charge < -0.3 is 92.9 Å². The van der Waals surface area contributed by atoms with Gasteiger partial charge in [-0.05, 0) is 174 Å². The molecule has 21 bridgehead atoms. The van der Waals surface area contributed by atoms with Crippen LogP contribution in [0.1, 0.15) is 114 Å². The van der Waals surface area contributed by atoms with E-state index in [1.54, 1.807) is 0 Å². The lowest BCUT2D eigenvalue weighted by atomic mass is 9.53. The number of rotatable bonds is 2. The molecule has 7 aromatic rings. The number of phenols is 6. The summed E-state index contributed by atoms with van der Waals surface area (Å²) >= 11 is 13.9. The molecule has 0 spiro atoms. The molecule has 10 aliphatic rings. The van der Waals surface area contributed by atoms with Crippen LogP contribution in [0.5, 0.6) is 69.0 Å². The highest BCUT2D eigenvalue weighted by molar-refractivity contribution is 6.32. The number of hydrogen-bond donors (Lipinski definition) is 15. The fraction of sp³-hybridized carbons (Fsp3) is 0.279. The van der Waals surface area contributed by atoms with E-state index in [1.807, 2.05) is 0 Å². The van der Waals surface area contributed by atoms with Gasteiger partial charge in [-0.2, -0.15) is 0 Å². The molecule has 0 aromatic heterocycles. The molecule has 16 N–H and O–H groups in total. The minimum atomic E-state index is -2.15. The summed E-state index contributed by atoms with van der Waals surface area (Å²) in [6, 6.07) is 9.90. The maximum absolute atomic E-state index is 16.0. The van der Waals surface area contributed by atoms with Crippen molar-refractivity contribution in [1.29, 1.82) is 0 Å². The Morgan fingerprint density at radius 1 is 0.505 bits per heavy atom. The number of aromatic hydroxyl groups is 6. The SMILES string of the molecule is N[C@@H]1C(=O)N[C@@H]2Cc3ccc(c(Cl)c3)Oc3cc4cc(c3O)Oc3ccc(cc3Cl)[C@@H](O)[C@@H]3NC(=O)[C@H](NC(=O)[C@@H]4NC(=O)[C@@H](NC2=O)c2cc(O)cc(c2)Oc2cc1ccc2O)c1ccc(O)c(c1)-c1c(O)cc(O)cc1[C@@H](C(=O)NC12CC4CC(CC(C4)C1)C2)NC3=O. The predicted octanol–water partition coefficient (Wildman–Crippen LogP) is 6.99. The van der Waals surface area contributed by atoms with Crippen LogP contribution in [0.4, 0.5) is 0 Å². The Morgan fingerprint density at radius 2 is 1.07 bits per heavy atom. The molecule has 4 saturated carbocycles. The fourth-order valence-corrected chi connectivity index (χ4v) is 15.3. The summed E-state index contributed by atoms with van der Waals surface area (Å²) in [4.78, 5) is 107. The molecule has 4 fully saturated rings. The van der Waals surface area contributed by atoms with E-state index < -0.39 is 141 Å². The second kappa shape index (κ2) is 23.8. The van der Waals surface area contributed by atoms with E-state index in [4.69, 9.17) is 43.1 Å². The average Bonchev–Trinajstić information content (AvgIpc) is 0.751. The smallest absolute Gasteiger partial charge is 0.248 e. The van der Waals surface area contributed by atoms with Crippen molar-refractivity contribution >= 4 is 64.6 Å². The van der Waals surface area contributed by atoms with Crippen molar-refractivity contribution in [3.8, 4) is 80.1 Å². The minimum Gasteiger partial charge on any atom is -0.508 e. The number of benzene rings is 7. The van der Waals surface area contributed by atoms with E-state index in [0.717, 1.165) is 61.7 Å². The molecule has 7 amide bonds. The van der Waals surface area contributed by atoms with Gasteiger partial charge in [-0.1, -0.05) is 47.5 Å². The third kappa shape index (κ3) is 11.7. The molecule has 0 radical (unpaired) electrons. The summed E-state index contributed by atoms with van der Waals surface area (Å²) in [5.41, 5.74) is 4.60. The third-order valence-corrected chi connectivity index (χ3v) is 19.5.